The van der Waals surface area contributed by atoms with Gasteiger partial charge in [0.05, 0.1) is 5.69 Å². The first kappa shape index (κ1) is 15.9. The van der Waals surface area contributed by atoms with Gasteiger partial charge in [-0.3, -0.25) is 4.98 Å². The summed E-state index contributed by atoms with van der Waals surface area (Å²) in [5, 5.41) is 4.27. The quantitative estimate of drug-likeness (QED) is 0.789. The van der Waals surface area contributed by atoms with Crippen LogP contribution in [-0.2, 0) is 0 Å². The minimum absolute atomic E-state index is 0.333. The highest BCUT2D eigenvalue weighted by molar-refractivity contribution is 7.99. The molecule has 0 amide bonds. The number of aromatic nitrogens is 3. The molecule has 21 heavy (non-hydrogen) atoms. The van der Waals surface area contributed by atoms with Crippen molar-refractivity contribution in [3.05, 3.63) is 42.0 Å². The molecule has 112 valence electrons. The first-order valence-corrected chi connectivity index (χ1v) is 8.20. The third-order valence-corrected chi connectivity index (χ3v) is 4.00. The van der Waals surface area contributed by atoms with E-state index in [0.717, 1.165) is 40.7 Å². The maximum atomic E-state index is 4.58. The number of hydrogen-bond donors (Lipinski definition) is 1. The molecule has 2 rings (SSSR count). The summed E-state index contributed by atoms with van der Waals surface area (Å²) in [5.74, 6) is 0. The minimum atomic E-state index is 0.333. The largest absolute Gasteiger partial charge is 0.309 e. The van der Waals surface area contributed by atoms with Crippen LogP contribution >= 0.6 is 11.8 Å². The van der Waals surface area contributed by atoms with Crippen molar-refractivity contribution < 1.29 is 0 Å². The van der Waals surface area contributed by atoms with Gasteiger partial charge in [-0.2, -0.15) is 0 Å². The fourth-order valence-electron chi connectivity index (χ4n) is 1.97. The van der Waals surface area contributed by atoms with Crippen molar-refractivity contribution in [2.45, 2.75) is 49.7 Å². The van der Waals surface area contributed by atoms with Crippen LogP contribution in [0, 0.1) is 6.92 Å². The molecule has 0 saturated heterocycles. The third kappa shape index (κ3) is 4.79. The van der Waals surface area contributed by atoms with Crippen molar-refractivity contribution in [3.8, 4) is 0 Å². The van der Waals surface area contributed by atoms with E-state index in [1.807, 2.05) is 25.5 Å². The molecule has 0 saturated carbocycles. The standard InChI is InChI=1S/C16H22N4S/c1-4-8-17-14(5-2)15-7-6-13(11-18-15)21-16-19-9-12(3)10-20-16/h6-7,9-11,14,17H,4-5,8H2,1-3H3. The summed E-state index contributed by atoms with van der Waals surface area (Å²) >= 11 is 1.54. The van der Waals surface area contributed by atoms with Crippen molar-refractivity contribution in [3.63, 3.8) is 0 Å². The van der Waals surface area contributed by atoms with Gasteiger partial charge in [-0.05, 0) is 55.8 Å². The molecule has 0 fully saturated rings. The maximum absolute atomic E-state index is 4.58. The maximum Gasteiger partial charge on any atom is 0.192 e. The van der Waals surface area contributed by atoms with E-state index >= 15 is 0 Å². The van der Waals surface area contributed by atoms with E-state index in [9.17, 15) is 0 Å². The molecule has 0 bridgehead atoms. The number of hydrogen-bond acceptors (Lipinski definition) is 5. The fourth-order valence-corrected chi connectivity index (χ4v) is 2.64. The molecular formula is C16H22N4S. The Kier molecular flexibility index (Phi) is 6.14. The highest BCUT2D eigenvalue weighted by Crippen LogP contribution is 2.25. The van der Waals surface area contributed by atoms with Gasteiger partial charge < -0.3 is 5.32 Å². The van der Waals surface area contributed by atoms with Crippen LogP contribution < -0.4 is 5.32 Å². The second-order valence-corrected chi connectivity index (χ2v) is 6.02. The summed E-state index contributed by atoms with van der Waals surface area (Å²) in [5.41, 5.74) is 2.17. The van der Waals surface area contributed by atoms with Gasteiger partial charge >= 0.3 is 0 Å². The molecule has 2 heterocycles. The van der Waals surface area contributed by atoms with Crippen LogP contribution in [0.1, 0.15) is 44.0 Å². The van der Waals surface area contributed by atoms with Gasteiger partial charge in [0, 0.05) is 29.5 Å². The Bertz CT molecular complexity index is 539. The molecule has 2 aromatic rings. The van der Waals surface area contributed by atoms with Gasteiger partial charge in [0.25, 0.3) is 0 Å². The van der Waals surface area contributed by atoms with Gasteiger partial charge in [-0.25, -0.2) is 9.97 Å². The zero-order chi connectivity index (χ0) is 15.1. The number of pyridine rings is 1. The first-order chi connectivity index (χ1) is 10.2. The lowest BCUT2D eigenvalue weighted by Crippen LogP contribution is -2.22. The van der Waals surface area contributed by atoms with E-state index in [4.69, 9.17) is 0 Å². The lowest BCUT2D eigenvalue weighted by molar-refractivity contribution is 0.507. The van der Waals surface area contributed by atoms with Crippen LogP contribution in [0.4, 0.5) is 0 Å². The molecule has 1 N–H and O–H groups in total. The lowest BCUT2D eigenvalue weighted by Gasteiger charge is -2.16. The van der Waals surface area contributed by atoms with E-state index in [1.165, 1.54) is 11.8 Å². The van der Waals surface area contributed by atoms with Gasteiger partial charge in [0.1, 0.15) is 0 Å². The SMILES string of the molecule is CCCNC(CC)c1ccc(Sc2ncc(C)cn2)cn1. The van der Waals surface area contributed by atoms with Gasteiger partial charge in [0.15, 0.2) is 5.16 Å². The highest BCUT2D eigenvalue weighted by atomic mass is 32.2. The Balaban J connectivity index is 2.02. The molecule has 4 nitrogen and oxygen atoms in total. The Labute approximate surface area is 130 Å². The minimum Gasteiger partial charge on any atom is -0.309 e. The molecule has 5 heteroatoms. The predicted molar refractivity (Wildman–Crippen MR) is 86.5 cm³/mol. The lowest BCUT2D eigenvalue weighted by atomic mass is 10.1. The molecular weight excluding hydrogens is 280 g/mol. The van der Waals surface area contributed by atoms with Crippen LogP contribution in [-0.4, -0.2) is 21.5 Å². The van der Waals surface area contributed by atoms with Crippen molar-refractivity contribution in [2.75, 3.05) is 6.54 Å². The number of nitrogens with zero attached hydrogens (tertiary/aromatic N) is 3. The number of rotatable bonds is 7. The molecule has 0 radical (unpaired) electrons. The molecule has 0 aromatic carbocycles. The second-order valence-electron chi connectivity index (χ2n) is 4.98. The zero-order valence-corrected chi connectivity index (χ0v) is 13.7. The zero-order valence-electron chi connectivity index (χ0n) is 12.8. The van der Waals surface area contributed by atoms with Crippen LogP contribution in [0.2, 0.25) is 0 Å². The van der Waals surface area contributed by atoms with Crippen LogP contribution in [0.3, 0.4) is 0 Å². The molecule has 2 aromatic heterocycles. The van der Waals surface area contributed by atoms with Crippen LogP contribution in [0.15, 0.2) is 40.8 Å². The Hall–Kier alpha value is -1.46. The summed E-state index contributed by atoms with van der Waals surface area (Å²) in [6.45, 7) is 7.36. The van der Waals surface area contributed by atoms with E-state index in [1.54, 1.807) is 0 Å². The van der Waals surface area contributed by atoms with Crippen molar-refractivity contribution in [1.29, 1.82) is 0 Å². The number of nitrogens with one attached hydrogen (secondary N) is 1. The molecule has 0 spiro atoms. The van der Waals surface area contributed by atoms with Crippen molar-refractivity contribution >= 4 is 11.8 Å². The molecule has 0 aliphatic heterocycles. The Morgan fingerprint density at radius 2 is 1.86 bits per heavy atom. The summed E-state index contributed by atoms with van der Waals surface area (Å²) in [6, 6.07) is 4.51. The van der Waals surface area contributed by atoms with Gasteiger partial charge in [-0.1, -0.05) is 13.8 Å². The Morgan fingerprint density at radius 3 is 2.43 bits per heavy atom. The van der Waals surface area contributed by atoms with E-state index < -0.39 is 0 Å². The fraction of sp³-hybridized carbons (Fsp3) is 0.438. The summed E-state index contributed by atoms with van der Waals surface area (Å²) < 4.78 is 0. The van der Waals surface area contributed by atoms with Gasteiger partial charge in [-0.15, -0.1) is 0 Å². The van der Waals surface area contributed by atoms with Gasteiger partial charge in [0.2, 0.25) is 0 Å². The smallest absolute Gasteiger partial charge is 0.192 e. The van der Waals surface area contributed by atoms with Crippen molar-refractivity contribution in [1.82, 2.24) is 20.3 Å². The second kappa shape index (κ2) is 8.10. The monoisotopic (exact) mass is 302 g/mol. The molecule has 0 aliphatic carbocycles. The first-order valence-electron chi connectivity index (χ1n) is 7.38. The van der Waals surface area contributed by atoms with E-state index in [2.05, 4.69) is 46.2 Å². The van der Waals surface area contributed by atoms with E-state index in [-0.39, 0.29) is 0 Å². The average Bonchev–Trinajstić information content (AvgIpc) is 2.52. The third-order valence-electron chi connectivity index (χ3n) is 3.13. The summed E-state index contributed by atoms with van der Waals surface area (Å²) in [6.07, 6.45) is 7.74. The number of aryl methyl sites for hydroxylation is 1. The average molecular weight is 302 g/mol. The molecule has 0 aliphatic rings. The summed E-state index contributed by atoms with van der Waals surface area (Å²) in [4.78, 5) is 14.2. The Morgan fingerprint density at radius 1 is 1.10 bits per heavy atom. The highest BCUT2D eigenvalue weighted by Gasteiger charge is 2.10. The van der Waals surface area contributed by atoms with E-state index in [0.29, 0.717) is 6.04 Å². The molecule has 1 unspecified atom stereocenters. The predicted octanol–water partition coefficient (Wildman–Crippen LogP) is 3.78. The molecule has 1 atom stereocenters. The van der Waals surface area contributed by atoms with Crippen molar-refractivity contribution in [2.24, 2.45) is 0 Å². The summed E-state index contributed by atoms with van der Waals surface area (Å²) in [7, 11) is 0. The normalized spacial score (nSPS) is 12.3. The topological polar surface area (TPSA) is 50.7 Å². The van der Waals surface area contributed by atoms with Crippen LogP contribution in [0.5, 0.6) is 0 Å². The van der Waals surface area contributed by atoms with Crippen LogP contribution in [0.25, 0.3) is 0 Å².